The van der Waals surface area contributed by atoms with Gasteiger partial charge < -0.3 is 14.8 Å². The third kappa shape index (κ3) is 7.21. The van der Waals surface area contributed by atoms with Crippen LogP contribution in [0.2, 0.25) is 0 Å². The third-order valence-corrected chi connectivity index (χ3v) is 6.23. The Morgan fingerprint density at radius 2 is 1.68 bits per heavy atom. The van der Waals surface area contributed by atoms with E-state index in [2.05, 4.69) is 55.5 Å². The Morgan fingerprint density at radius 3 is 2.27 bits per heavy atom. The van der Waals surface area contributed by atoms with Crippen molar-refractivity contribution < 1.29 is 19.1 Å². The quantitative estimate of drug-likeness (QED) is 0.401. The van der Waals surface area contributed by atoms with Gasteiger partial charge in [-0.25, -0.2) is 4.79 Å². The summed E-state index contributed by atoms with van der Waals surface area (Å²) >= 11 is 0. The van der Waals surface area contributed by atoms with Crippen molar-refractivity contribution in [1.82, 2.24) is 15.1 Å². The van der Waals surface area contributed by atoms with Gasteiger partial charge in [-0.1, -0.05) is 57.2 Å². The zero-order valence-electron chi connectivity index (χ0n) is 23.3. The first-order chi connectivity index (χ1) is 17.3. The van der Waals surface area contributed by atoms with Crippen LogP contribution in [0.3, 0.4) is 0 Å². The van der Waals surface area contributed by atoms with Gasteiger partial charge >= 0.3 is 5.97 Å². The van der Waals surface area contributed by atoms with E-state index < -0.39 is 11.6 Å². The molecular weight excluding hydrogens is 466 g/mol. The van der Waals surface area contributed by atoms with Gasteiger partial charge in [-0.15, -0.1) is 0 Å². The van der Waals surface area contributed by atoms with E-state index >= 15 is 0 Å². The predicted octanol–water partition coefficient (Wildman–Crippen LogP) is 5.27. The molecule has 0 unspecified atom stereocenters. The van der Waals surface area contributed by atoms with Crippen molar-refractivity contribution in [2.45, 2.75) is 72.4 Å². The molecule has 37 heavy (non-hydrogen) atoms. The van der Waals surface area contributed by atoms with Gasteiger partial charge in [0.05, 0.1) is 18.7 Å². The summed E-state index contributed by atoms with van der Waals surface area (Å²) in [6.45, 7) is 14.3. The van der Waals surface area contributed by atoms with E-state index in [0.717, 1.165) is 28.1 Å². The maximum atomic E-state index is 12.7. The number of aryl methyl sites for hydroxylation is 2. The minimum atomic E-state index is -1.09. The first-order valence-corrected chi connectivity index (χ1v) is 12.7. The molecule has 0 bridgehead atoms. The lowest BCUT2D eigenvalue weighted by Gasteiger charge is -2.25. The Bertz CT molecular complexity index is 1250. The molecule has 2 aromatic carbocycles. The maximum absolute atomic E-state index is 12.7. The van der Waals surface area contributed by atoms with Crippen molar-refractivity contribution in [3.05, 3.63) is 70.9 Å². The van der Waals surface area contributed by atoms with Gasteiger partial charge in [-0.3, -0.25) is 9.48 Å². The second kappa shape index (κ2) is 11.2. The highest BCUT2D eigenvalue weighted by molar-refractivity contribution is 5.79. The molecule has 0 aliphatic heterocycles. The fraction of sp³-hybridized carbons (Fsp3) is 0.433. The van der Waals surface area contributed by atoms with Crippen LogP contribution in [-0.2, 0) is 39.8 Å². The zero-order valence-corrected chi connectivity index (χ0v) is 23.3. The smallest absolute Gasteiger partial charge is 0.349 e. The molecule has 0 radical (unpaired) electrons. The highest BCUT2D eigenvalue weighted by Gasteiger charge is 2.32. The molecule has 0 saturated heterocycles. The van der Waals surface area contributed by atoms with Crippen LogP contribution in [0, 0.1) is 6.92 Å². The van der Waals surface area contributed by atoms with Crippen LogP contribution >= 0.6 is 0 Å². The molecule has 1 N–H and O–H groups in total. The second-order valence-electron chi connectivity index (χ2n) is 10.9. The number of carbonyl (C=O) groups is 2. The lowest BCUT2D eigenvalue weighted by molar-refractivity contribution is -0.158. The number of carbonyl (C=O) groups excluding carboxylic acids is 2. The van der Waals surface area contributed by atoms with Crippen molar-refractivity contribution in [2.24, 2.45) is 7.05 Å². The Labute approximate surface area is 220 Å². The highest BCUT2D eigenvalue weighted by Crippen LogP contribution is 2.27. The standard InChI is InChI=1S/C30H39N3O4/c1-9-36-28(35)30(6,7)37-26-15-10-21(16-20(26)2)19-31-27(34)18-24-17-25(32-33(24)8)22-11-13-23(14-12-22)29(3,4)5/h10-17H,9,18-19H2,1-8H3,(H,31,34). The van der Waals surface area contributed by atoms with Crippen molar-refractivity contribution in [1.29, 1.82) is 0 Å². The van der Waals surface area contributed by atoms with Crippen LogP contribution in [0.4, 0.5) is 0 Å². The van der Waals surface area contributed by atoms with Gasteiger partial charge in [0.2, 0.25) is 5.91 Å². The van der Waals surface area contributed by atoms with Crippen LogP contribution in [0.25, 0.3) is 11.3 Å². The van der Waals surface area contributed by atoms with Crippen LogP contribution < -0.4 is 10.1 Å². The third-order valence-electron chi connectivity index (χ3n) is 6.23. The van der Waals surface area contributed by atoms with Crippen LogP contribution in [0.1, 0.15) is 63.9 Å². The number of hydrogen-bond acceptors (Lipinski definition) is 5. The van der Waals surface area contributed by atoms with Gasteiger partial charge in [0.15, 0.2) is 5.60 Å². The number of nitrogens with zero attached hydrogens (tertiary/aromatic N) is 2. The van der Waals surface area contributed by atoms with E-state index in [1.165, 1.54) is 5.56 Å². The number of amides is 1. The van der Waals surface area contributed by atoms with Gasteiger partial charge in [0.1, 0.15) is 5.75 Å². The number of benzene rings is 2. The number of rotatable bonds is 9. The molecular formula is C30H39N3O4. The summed E-state index contributed by atoms with van der Waals surface area (Å²) in [5.74, 6) is 0.108. The minimum absolute atomic E-state index is 0.0842. The Kier molecular flexibility index (Phi) is 8.46. The predicted molar refractivity (Wildman–Crippen MR) is 145 cm³/mol. The van der Waals surface area contributed by atoms with Gasteiger partial charge in [0, 0.05) is 24.8 Å². The summed E-state index contributed by atoms with van der Waals surface area (Å²) in [7, 11) is 1.86. The molecule has 7 nitrogen and oxygen atoms in total. The average molecular weight is 506 g/mol. The van der Waals surface area contributed by atoms with Crippen molar-refractivity contribution >= 4 is 11.9 Å². The molecule has 0 aliphatic rings. The maximum Gasteiger partial charge on any atom is 0.349 e. The van der Waals surface area contributed by atoms with E-state index in [-0.39, 0.29) is 17.7 Å². The van der Waals surface area contributed by atoms with Crippen LogP contribution in [-0.4, -0.2) is 33.9 Å². The highest BCUT2D eigenvalue weighted by atomic mass is 16.6. The normalized spacial score (nSPS) is 11.8. The Balaban J connectivity index is 1.59. The molecule has 7 heteroatoms. The van der Waals surface area contributed by atoms with Gasteiger partial charge in [-0.05, 0) is 61.9 Å². The lowest BCUT2D eigenvalue weighted by atomic mass is 9.86. The van der Waals surface area contributed by atoms with Gasteiger partial charge in [0.25, 0.3) is 0 Å². The molecule has 1 amide bonds. The zero-order chi connectivity index (χ0) is 27.4. The average Bonchev–Trinajstić information content (AvgIpc) is 3.19. The minimum Gasteiger partial charge on any atom is -0.476 e. The first kappa shape index (κ1) is 28.0. The number of nitrogens with one attached hydrogen (secondary N) is 1. The molecule has 1 heterocycles. The fourth-order valence-electron chi connectivity index (χ4n) is 3.94. The number of hydrogen-bond donors (Lipinski definition) is 1. The first-order valence-electron chi connectivity index (χ1n) is 12.7. The molecule has 3 aromatic rings. The molecule has 0 aliphatic carbocycles. The Hall–Kier alpha value is -3.61. The number of aromatic nitrogens is 2. The topological polar surface area (TPSA) is 82.4 Å². The number of esters is 1. The number of ether oxygens (including phenoxy) is 2. The second-order valence-corrected chi connectivity index (χ2v) is 10.9. The summed E-state index contributed by atoms with van der Waals surface area (Å²) in [5, 5.41) is 7.59. The summed E-state index contributed by atoms with van der Waals surface area (Å²) < 4.78 is 12.8. The SMILES string of the molecule is CCOC(=O)C(C)(C)Oc1ccc(CNC(=O)Cc2cc(-c3ccc(C(C)(C)C)cc3)nn2C)cc1C. The van der Waals surface area contributed by atoms with Crippen LogP contribution in [0.5, 0.6) is 5.75 Å². The van der Waals surface area contributed by atoms with E-state index in [1.807, 2.05) is 38.2 Å². The summed E-state index contributed by atoms with van der Waals surface area (Å²) in [6, 6.07) is 16.0. The summed E-state index contributed by atoms with van der Waals surface area (Å²) in [4.78, 5) is 24.8. The molecule has 1 aromatic heterocycles. The van der Waals surface area contributed by atoms with Crippen molar-refractivity contribution in [3.63, 3.8) is 0 Å². The molecule has 0 atom stereocenters. The van der Waals surface area contributed by atoms with E-state index in [0.29, 0.717) is 18.9 Å². The largest absolute Gasteiger partial charge is 0.476 e. The van der Waals surface area contributed by atoms with E-state index in [1.54, 1.807) is 25.5 Å². The van der Waals surface area contributed by atoms with Crippen molar-refractivity contribution in [3.8, 4) is 17.0 Å². The monoisotopic (exact) mass is 505 g/mol. The van der Waals surface area contributed by atoms with Crippen molar-refractivity contribution in [2.75, 3.05) is 6.61 Å². The van der Waals surface area contributed by atoms with E-state index in [9.17, 15) is 9.59 Å². The molecule has 0 spiro atoms. The summed E-state index contributed by atoms with van der Waals surface area (Å²) in [6.07, 6.45) is 0.234. The summed E-state index contributed by atoms with van der Waals surface area (Å²) in [5.41, 5.74) is 4.80. The molecule has 3 rings (SSSR count). The Morgan fingerprint density at radius 1 is 1.00 bits per heavy atom. The molecule has 0 saturated carbocycles. The fourth-order valence-corrected chi connectivity index (χ4v) is 3.94. The lowest BCUT2D eigenvalue weighted by Crippen LogP contribution is -2.39. The molecule has 198 valence electrons. The van der Waals surface area contributed by atoms with E-state index in [4.69, 9.17) is 9.47 Å². The molecule has 0 fully saturated rings. The van der Waals surface area contributed by atoms with Gasteiger partial charge in [-0.2, -0.15) is 5.10 Å². The van der Waals surface area contributed by atoms with Crippen LogP contribution in [0.15, 0.2) is 48.5 Å².